The largest absolute Gasteiger partial charge is 0.487 e. The quantitative estimate of drug-likeness (QED) is 0.168. The minimum Gasteiger partial charge on any atom is -0.487 e. The number of carboxylic acids is 1. The summed E-state index contributed by atoms with van der Waals surface area (Å²) in [5.41, 5.74) is 2.84. The van der Waals surface area contributed by atoms with Gasteiger partial charge in [0.2, 0.25) is 15.9 Å². The van der Waals surface area contributed by atoms with Crippen LogP contribution < -0.4 is 9.46 Å². The van der Waals surface area contributed by atoms with Crippen molar-refractivity contribution in [2.45, 2.75) is 83.6 Å². The summed E-state index contributed by atoms with van der Waals surface area (Å²) in [5.74, 6) is -1.20. The fourth-order valence-electron chi connectivity index (χ4n) is 6.99. The summed E-state index contributed by atoms with van der Waals surface area (Å²) in [6, 6.07) is 20.6. The molecule has 3 aromatic carbocycles. The standard InChI is InChI=1S/C38H46Cl2N2O7S/c1-4-5-18-50(46,47)41-16-14-25-12-13-33-30(21-25)36-32(38(2,3)49-33)23-31(34(48-36)22-26-8-6-10-28(39)19-26)37(45)42(17-15-35(43)44)24-27-9-7-11-29(40)20-27/h6-13,19-21,31-32,34,36,41H,4-5,14-18,22-24H2,1-3H3,(H,43,44)/t31-,32+,34+,36-/m0/s1. The third kappa shape index (κ3) is 9.79. The minimum atomic E-state index is -3.34. The van der Waals surface area contributed by atoms with Gasteiger partial charge in [0.25, 0.3) is 0 Å². The molecule has 2 aliphatic heterocycles. The first-order valence-electron chi connectivity index (χ1n) is 17.2. The van der Waals surface area contributed by atoms with Crippen molar-refractivity contribution in [3.63, 3.8) is 0 Å². The van der Waals surface area contributed by atoms with Gasteiger partial charge in [0.15, 0.2) is 0 Å². The fraction of sp³-hybridized carbons (Fsp3) is 0.474. The number of rotatable bonds is 15. The number of ether oxygens (including phenoxy) is 2. The van der Waals surface area contributed by atoms with Crippen LogP contribution in [0, 0.1) is 11.8 Å². The Kier molecular flexibility index (Phi) is 12.5. The summed E-state index contributed by atoms with van der Waals surface area (Å²) in [7, 11) is -3.34. The highest BCUT2D eigenvalue weighted by atomic mass is 35.5. The lowest BCUT2D eigenvalue weighted by Gasteiger charge is -2.51. The molecular weight excluding hydrogens is 699 g/mol. The van der Waals surface area contributed by atoms with Gasteiger partial charge in [-0.25, -0.2) is 13.1 Å². The van der Waals surface area contributed by atoms with Gasteiger partial charge in [-0.2, -0.15) is 0 Å². The van der Waals surface area contributed by atoms with Gasteiger partial charge in [-0.3, -0.25) is 9.59 Å². The van der Waals surface area contributed by atoms with E-state index in [4.69, 9.17) is 32.7 Å². The van der Waals surface area contributed by atoms with Crippen LogP contribution in [0.2, 0.25) is 10.0 Å². The van der Waals surface area contributed by atoms with Crippen LogP contribution in [0.15, 0.2) is 66.7 Å². The normalized spacial score (nSPS) is 21.1. The van der Waals surface area contributed by atoms with Crippen molar-refractivity contribution < 1.29 is 32.6 Å². The third-order valence-electron chi connectivity index (χ3n) is 9.61. The van der Waals surface area contributed by atoms with Crippen LogP contribution in [-0.2, 0) is 43.7 Å². The Balaban J connectivity index is 1.46. The number of nitrogens with zero attached hydrogens (tertiary/aromatic N) is 1. The van der Waals surface area contributed by atoms with E-state index in [0.29, 0.717) is 41.5 Å². The van der Waals surface area contributed by atoms with E-state index in [1.54, 1.807) is 23.1 Å². The first-order valence-corrected chi connectivity index (χ1v) is 19.6. The van der Waals surface area contributed by atoms with Gasteiger partial charge in [0.05, 0.1) is 30.3 Å². The highest BCUT2D eigenvalue weighted by molar-refractivity contribution is 7.89. The predicted molar refractivity (Wildman–Crippen MR) is 195 cm³/mol. The molecule has 1 fully saturated rings. The van der Waals surface area contributed by atoms with Crippen molar-refractivity contribution in [1.82, 2.24) is 9.62 Å². The Hall–Kier alpha value is -3.15. The Morgan fingerprint density at radius 1 is 1.00 bits per heavy atom. The zero-order valence-corrected chi connectivity index (χ0v) is 31.1. The number of hydrogen-bond donors (Lipinski definition) is 2. The molecule has 270 valence electrons. The first-order chi connectivity index (χ1) is 23.7. The van der Waals surface area contributed by atoms with Crippen LogP contribution in [0.3, 0.4) is 0 Å². The maximum atomic E-state index is 14.6. The predicted octanol–water partition coefficient (Wildman–Crippen LogP) is 7.24. The van der Waals surface area contributed by atoms with Crippen molar-refractivity contribution in [3.8, 4) is 5.75 Å². The van der Waals surface area contributed by atoms with Crippen molar-refractivity contribution in [3.05, 3.63) is 99.0 Å². The molecule has 2 heterocycles. The number of hydrogen-bond acceptors (Lipinski definition) is 6. The fourth-order valence-corrected chi connectivity index (χ4v) is 8.64. The molecule has 0 saturated carbocycles. The lowest BCUT2D eigenvalue weighted by atomic mass is 9.70. The zero-order valence-electron chi connectivity index (χ0n) is 28.7. The minimum absolute atomic E-state index is 0.0312. The average molecular weight is 746 g/mol. The molecule has 0 aliphatic carbocycles. The number of nitrogens with one attached hydrogen (secondary N) is 1. The van der Waals surface area contributed by atoms with E-state index in [2.05, 4.69) is 4.72 Å². The van der Waals surface area contributed by atoms with E-state index in [1.165, 1.54) is 0 Å². The smallest absolute Gasteiger partial charge is 0.305 e. The Bertz CT molecular complexity index is 1780. The van der Waals surface area contributed by atoms with Gasteiger partial charge >= 0.3 is 5.97 Å². The molecule has 0 unspecified atom stereocenters. The second-order valence-corrected chi connectivity index (χ2v) is 16.6. The van der Waals surface area contributed by atoms with Gasteiger partial charge in [-0.15, -0.1) is 0 Å². The molecule has 5 rings (SSSR count). The zero-order chi connectivity index (χ0) is 36.1. The van der Waals surface area contributed by atoms with Crippen LogP contribution in [-0.4, -0.2) is 60.8 Å². The molecule has 2 N–H and O–H groups in total. The molecule has 4 atom stereocenters. The number of benzene rings is 3. The number of unbranched alkanes of at least 4 members (excludes halogenated alkanes) is 1. The van der Waals surface area contributed by atoms with Gasteiger partial charge < -0.3 is 19.5 Å². The molecule has 0 aromatic heterocycles. The van der Waals surface area contributed by atoms with E-state index < -0.39 is 39.7 Å². The van der Waals surface area contributed by atoms with Gasteiger partial charge in [0.1, 0.15) is 11.4 Å². The van der Waals surface area contributed by atoms with Crippen LogP contribution >= 0.6 is 23.2 Å². The summed E-state index contributed by atoms with van der Waals surface area (Å²) in [6.45, 7) is 6.48. The highest BCUT2D eigenvalue weighted by Gasteiger charge is 2.52. The Labute approximate surface area is 305 Å². The van der Waals surface area contributed by atoms with Crippen LogP contribution in [0.4, 0.5) is 0 Å². The molecule has 0 bridgehead atoms. The van der Waals surface area contributed by atoms with Crippen LogP contribution in [0.1, 0.15) is 74.8 Å². The third-order valence-corrected chi connectivity index (χ3v) is 11.5. The Morgan fingerprint density at radius 2 is 1.70 bits per heavy atom. The van der Waals surface area contributed by atoms with Crippen molar-refractivity contribution >= 4 is 45.1 Å². The van der Waals surface area contributed by atoms with Gasteiger partial charge in [0, 0.05) is 41.2 Å². The van der Waals surface area contributed by atoms with E-state index in [0.717, 1.165) is 28.7 Å². The second kappa shape index (κ2) is 16.5. The van der Waals surface area contributed by atoms with E-state index >= 15 is 0 Å². The molecular formula is C38H46Cl2N2O7S. The number of carbonyl (C=O) groups is 2. The number of sulfonamides is 1. The lowest BCUT2D eigenvalue weighted by molar-refractivity contribution is -0.184. The highest BCUT2D eigenvalue weighted by Crippen LogP contribution is 2.53. The topological polar surface area (TPSA) is 122 Å². The summed E-state index contributed by atoms with van der Waals surface area (Å²) in [5, 5.41) is 10.7. The summed E-state index contributed by atoms with van der Waals surface area (Å²) >= 11 is 12.6. The molecule has 0 spiro atoms. The average Bonchev–Trinajstić information content (AvgIpc) is 3.05. The molecule has 3 aromatic rings. The molecule has 2 aliphatic rings. The summed E-state index contributed by atoms with van der Waals surface area (Å²) < 4.78 is 41.0. The van der Waals surface area contributed by atoms with E-state index in [1.807, 2.05) is 69.3 Å². The lowest BCUT2D eigenvalue weighted by Crippen LogP contribution is -2.54. The monoisotopic (exact) mass is 744 g/mol. The first kappa shape index (κ1) is 38.1. The molecule has 0 radical (unpaired) electrons. The second-order valence-electron chi connectivity index (χ2n) is 13.8. The molecule has 50 heavy (non-hydrogen) atoms. The Morgan fingerprint density at radius 3 is 2.38 bits per heavy atom. The molecule has 1 saturated heterocycles. The van der Waals surface area contributed by atoms with Crippen LogP contribution in [0.25, 0.3) is 0 Å². The van der Waals surface area contributed by atoms with Crippen molar-refractivity contribution in [2.24, 2.45) is 11.8 Å². The van der Waals surface area contributed by atoms with Gasteiger partial charge in [-0.1, -0.05) is 66.9 Å². The maximum Gasteiger partial charge on any atom is 0.305 e. The number of carbonyl (C=O) groups excluding carboxylic acids is 1. The van der Waals surface area contributed by atoms with Crippen molar-refractivity contribution in [1.29, 1.82) is 0 Å². The molecule has 9 nitrogen and oxygen atoms in total. The number of fused-ring (bicyclic) bond motifs is 3. The SMILES string of the molecule is CCCCS(=O)(=O)NCCc1ccc2c(c1)[C@@H]1O[C@H](Cc3cccc(Cl)c3)[C@@H](C(=O)N(CCC(=O)O)Cc3cccc(Cl)c3)C[C@H]1C(C)(C)O2. The summed E-state index contributed by atoms with van der Waals surface area (Å²) in [4.78, 5) is 27.9. The van der Waals surface area contributed by atoms with Gasteiger partial charge in [-0.05, 0) is 92.6 Å². The van der Waals surface area contributed by atoms with Crippen molar-refractivity contribution in [2.75, 3.05) is 18.8 Å². The number of halogens is 2. The van der Waals surface area contributed by atoms with Crippen LogP contribution in [0.5, 0.6) is 5.75 Å². The molecule has 1 amide bonds. The summed E-state index contributed by atoms with van der Waals surface area (Å²) in [6.07, 6.45) is 1.62. The maximum absolute atomic E-state index is 14.6. The molecule has 12 heteroatoms. The van der Waals surface area contributed by atoms with E-state index in [9.17, 15) is 23.1 Å². The van der Waals surface area contributed by atoms with E-state index in [-0.39, 0.29) is 43.6 Å². The number of aliphatic carboxylic acids is 1. The number of amides is 1. The number of carboxylic acid groups (broad SMARTS) is 1.